The molecule has 2 aromatic rings. The first kappa shape index (κ1) is 13.6. The van der Waals surface area contributed by atoms with Crippen molar-refractivity contribution in [1.29, 1.82) is 0 Å². The minimum Gasteiger partial charge on any atom is -0.123 e. The van der Waals surface area contributed by atoms with Crippen molar-refractivity contribution in [3.8, 4) is 0 Å². The molecule has 0 heterocycles. The molecule has 1 unspecified atom stereocenters. The molecule has 0 amide bonds. The molecule has 0 saturated carbocycles. The summed E-state index contributed by atoms with van der Waals surface area (Å²) in [6, 6.07) is 19.4. The summed E-state index contributed by atoms with van der Waals surface area (Å²) in [4.78, 5) is 3.95. The first-order chi connectivity index (χ1) is 8.78. The number of hydrogen-bond acceptors (Lipinski definition) is 2. The molecule has 2 rings (SSSR count). The fraction of sp³-hybridized carbons (Fsp3) is 0.250. The van der Waals surface area contributed by atoms with Crippen molar-refractivity contribution >= 4 is 23.5 Å². The Bertz CT molecular complexity index is 462. The van der Waals surface area contributed by atoms with Crippen LogP contribution in [-0.4, -0.2) is 5.25 Å². The summed E-state index contributed by atoms with van der Waals surface area (Å²) in [6.07, 6.45) is 1.21. The largest absolute Gasteiger partial charge is 0.123 e. The van der Waals surface area contributed by atoms with Gasteiger partial charge in [0, 0.05) is 19.9 Å². The van der Waals surface area contributed by atoms with Crippen LogP contribution in [0.3, 0.4) is 0 Å². The molecular formula is C16H18S2. The molecule has 0 bridgehead atoms. The lowest BCUT2D eigenvalue weighted by Crippen LogP contribution is -1.91. The predicted octanol–water partition coefficient (Wildman–Crippen LogP) is 5.73. The lowest BCUT2D eigenvalue weighted by molar-refractivity contribution is 0.905. The van der Waals surface area contributed by atoms with Crippen molar-refractivity contribution in [1.82, 2.24) is 0 Å². The number of rotatable bonds is 5. The molecule has 0 spiro atoms. The highest BCUT2D eigenvalue weighted by Gasteiger charge is 2.02. The maximum Gasteiger partial charge on any atom is 0.0123 e. The second-order valence-electron chi connectivity index (χ2n) is 4.22. The quantitative estimate of drug-likeness (QED) is 0.639. The summed E-state index contributed by atoms with van der Waals surface area (Å²) in [5, 5.41) is 0.692. The fourth-order valence-corrected chi connectivity index (χ4v) is 3.29. The maximum absolute atomic E-state index is 2.28. The SMILES string of the molecule is CCC(C)Sc1ccc(Sc2ccccc2)cc1. The zero-order valence-electron chi connectivity index (χ0n) is 10.8. The molecular weight excluding hydrogens is 256 g/mol. The average Bonchev–Trinajstić information content (AvgIpc) is 2.42. The van der Waals surface area contributed by atoms with Crippen LogP contribution >= 0.6 is 23.5 Å². The highest BCUT2D eigenvalue weighted by molar-refractivity contribution is 8.00. The highest BCUT2D eigenvalue weighted by Crippen LogP contribution is 2.30. The van der Waals surface area contributed by atoms with Crippen molar-refractivity contribution in [2.45, 2.75) is 40.2 Å². The molecule has 0 aliphatic carbocycles. The van der Waals surface area contributed by atoms with Crippen LogP contribution in [0.25, 0.3) is 0 Å². The second-order valence-corrected chi connectivity index (χ2v) is 6.88. The first-order valence-corrected chi connectivity index (χ1v) is 7.97. The minimum atomic E-state index is 0.692. The van der Waals surface area contributed by atoms with Gasteiger partial charge in [-0.3, -0.25) is 0 Å². The Balaban J connectivity index is 2.00. The molecule has 94 valence electrons. The lowest BCUT2D eigenvalue weighted by atomic mass is 10.4. The normalized spacial score (nSPS) is 12.3. The van der Waals surface area contributed by atoms with Crippen LogP contribution in [0.2, 0.25) is 0 Å². The summed E-state index contributed by atoms with van der Waals surface area (Å²) in [5.41, 5.74) is 0. The van der Waals surface area contributed by atoms with Gasteiger partial charge in [-0.1, -0.05) is 43.8 Å². The van der Waals surface area contributed by atoms with Crippen molar-refractivity contribution < 1.29 is 0 Å². The molecule has 2 heteroatoms. The molecule has 0 nitrogen and oxygen atoms in total. The summed E-state index contributed by atoms with van der Waals surface area (Å²) in [7, 11) is 0. The summed E-state index contributed by atoms with van der Waals surface area (Å²) in [6.45, 7) is 4.51. The van der Waals surface area contributed by atoms with Gasteiger partial charge >= 0.3 is 0 Å². The molecule has 0 fully saturated rings. The van der Waals surface area contributed by atoms with E-state index in [1.165, 1.54) is 21.1 Å². The molecule has 0 radical (unpaired) electrons. The van der Waals surface area contributed by atoms with Gasteiger partial charge < -0.3 is 0 Å². The van der Waals surface area contributed by atoms with Crippen molar-refractivity contribution in [2.75, 3.05) is 0 Å². The van der Waals surface area contributed by atoms with Crippen LogP contribution in [0.15, 0.2) is 69.3 Å². The smallest absolute Gasteiger partial charge is 0.0123 e. The predicted molar refractivity (Wildman–Crippen MR) is 82.6 cm³/mol. The summed E-state index contributed by atoms with van der Waals surface area (Å²) >= 11 is 3.76. The van der Waals surface area contributed by atoms with E-state index < -0.39 is 0 Å². The van der Waals surface area contributed by atoms with Crippen LogP contribution < -0.4 is 0 Å². The van der Waals surface area contributed by atoms with Crippen LogP contribution in [-0.2, 0) is 0 Å². The van der Waals surface area contributed by atoms with Gasteiger partial charge in [0.1, 0.15) is 0 Å². The number of hydrogen-bond donors (Lipinski definition) is 0. The maximum atomic E-state index is 2.28. The summed E-state index contributed by atoms with van der Waals surface area (Å²) < 4.78 is 0. The molecule has 0 aromatic heterocycles. The molecule has 0 N–H and O–H groups in total. The van der Waals surface area contributed by atoms with Crippen LogP contribution in [0, 0.1) is 0 Å². The lowest BCUT2D eigenvalue weighted by Gasteiger charge is -2.08. The van der Waals surface area contributed by atoms with Gasteiger partial charge in [0.2, 0.25) is 0 Å². The standard InChI is InChI=1S/C16H18S2/c1-3-13(2)17-15-9-11-16(12-10-15)18-14-7-5-4-6-8-14/h4-13H,3H2,1-2H3. The van der Waals surface area contributed by atoms with Gasteiger partial charge in [-0.15, -0.1) is 11.8 Å². The molecule has 0 aliphatic rings. The van der Waals surface area contributed by atoms with Gasteiger partial charge in [0.15, 0.2) is 0 Å². The molecule has 0 aliphatic heterocycles. The monoisotopic (exact) mass is 274 g/mol. The van der Waals surface area contributed by atoms with Crippen molar-refractivity contribution in [3.05, 3.63) is 54.6 Å². The second kappa shape index (κ2) is 6.91. The van der Waals surface area contributed by atoms with Gasteiger partial charge in [-0.2, -0.15) is 0 Å². The van der Waals surface area contributed by atoms with E-state index in [9.17, 15) is 0 Å². The Kier molecular flexibility index (Phi) is 5.21. The molecule has 18 heavy (non-hydrogen) atoms. The fourth-order valence-electron chi connectivity index (χ4n) is 1.53. The Labute approximate surface area is 118 Å². The van der Waals surface area contributed by atoms with Crippen LogP contribution in [0.5, 0.6) is 0 Å². The third-order valence-electron chi connectivity index (χ3n) is 2.71. The minimum absolute atomic E-state index is 0.692. The molecule has 1 atom stereocenters. The highest BCUT2D eigenvalue weighted by atomic mass is 32.2. The van der Waals surface area contributed by atoms with E-state index in [1.807, 2.05) is 23.5 Å². The topological polar surface area (TPSA) is 0 Å². The molecule has 2 aromatic carbocycles. The summed E-state index contributed by atoms with van der Waals surface area (Å²) in [5.74, 6) is 0. The van der Waals surface area contributed by atoms with Gasteiger partial charge in [-0.25, -0.2) is 0 Å². The Morgan fingerprint density at radius 1 is 0.833 bits per heavy atom. The van der Waals surface area contributed by atoms with Crippen LogP contribution in [0.1, 0.15) is 20.3 Å². The van der Waals surface area contributed by atoms with E-state index in [4.69, 9.17) is 0 Å². The van der Waals surface area contributed by atoms with E-state index in [0.717, 1.165) is 0 Å². The van der Waals surface area contributed by atoms with Gasteiger partial charge in [-0.05, 0) is 42.8 Å². The third kappa shape index (κ3) is 4.11. The average molecular weight is 274 g/mol. The van der Waals surface area contributed by atoms with Crippen molar-refractivity contribution in [3.63, 3.8) is 0 Å². The van der Waals surface area contributed by atoms with Gasteiger partial charge in [0.05, 0.1) is 0 Å². The van der Waals surface area contributed by atoms with E-state index in [-0.39, 0.29) is 0 Å². The third-order valence-corrected chi connectivity index (χ3v) is 5.01. The first-order valence-electron chi connectivity index (χ1n) is 6.27. The Morgan fingerprint density at radius 3 is 2.00 bits per heavy atom. The van der Waals surface area contributed by atoms with Crippen molar-refractivity contribution in [2.24, 2.45) is 0 Å². The number of benzene rings is 2. The molecule has 0 saturated heterocycles. The zero-order chi connectivity index (χ0) is 12.8. The van der Waals surface area contributed by atoms with E-state index >= 15 is 0 Å². The van der Waals surface area contributed by atoms with E-state index in [2.05, 4.69) is 68.4 Å². The zero-order valence-corrected chi connectivity index (χ0v) is 12.4. The Hall–Kier alpha value is -0.860. The Morgan fingerprint density at radius 2 is 1.39 bits per heavy atom. The number of thioether (sulfide) groups is 1. The van der Waals surface area contributed by atoms with E-state index in [0.29, 0.717) is 5.25 Å². The van der Waals surface area contributed by atoms with Crippen LogP contribution in [0.4, 0.5) is 0 Å². The van der Waals surface area contributed by atoms with Gasteiger partial charge in [0.25, 0.3) is 0 Å². The van der Waals surface area contributed by atoms with E-state index in [1.54, 1.807) is 0 Å².